The summed E-state index contributed by atoms with van der Waals surface area (Å²) in [5.41, 5.74) is 9.67. The standard InChI is InChI=1S/C54H34N2O/c1-3-14-35(15-4-1)37-18-11-19-40(32-37)55-47-24-9-7-20-42(47)45-33-38(28-30-48(45)55)39-29-31-49-46(34-39)53-41(36-16-5-2-6-17-36)22-12-25-50(53)56(49)51-26-13-23-44-43-21-8-10-27-52(43)57-54(44)51/h1-34H/i7D,9D,20D,24D,28D,30D,33D. The third-order valence-electron chi connectivity index (χ3n) is 11.2. The van der Waals surface area contributed by atoms with E-state index in [1.165, 1.54) is 0 Å². The van der Waals surface area contributed by atoms with Crippen LogP contribution in [-0.2, 0) is 0 Å². The Labute approximate surface area is 338 Å². The van der Waals surface area contributed by atoms with Crippen molar-refractivity contribution in [1.82, 2.24) is 9.13 Å². The van der Waals surface area contributed by atoms with Gasteiger partial charge in [-0.2, -0.15) is 0 Å². The molecular formula is C54H34N2O. The highest BCUT2D eigenvalue weighted by molar-refractivity contribution is 6.18. The van der Waals surface area contributed by atoms with Gasteiger partial charge in [0.1, 0.15) is 5.58 Å². The Kier molecular flexibility index (Phi) is 5.56. The van der Waals surface area contributed by atoms with Crippen molar-refractivity contribution < 1.29 is 14.0 Å². The molecule has 12 aromatic rings. The molecule has 0 bridgehead atoms. The summed E-state index contributed by atoms with van der Waals surface area (Å²) in [6.07, 6.45) is 0. The molecule has 0 atom stereocenters. The first-order valence-electron chi connectivity index (χ1n) is 22.4. The van der Waals surface area contributed by atoms with Crippen molar-refractivity contribution in [2.24, 2.45) is 0 Å². The van der Waals surface area contributed by atoms with Crippen LogP contribution in [0.25, 0.3) is 110 Å². The van der Waals surface area contributed by atoms with Gasteiger partial charge in [0.05, 0.1) is 37.3 Å². The molecule has 266 valence electrons. The van der Waals surface area contributed by atoms with E-state index in [4.69, 9.17) is 7.16 Å². The number of furan rings is 1. The van der Waals surface area contributed by atoms with Gasteiger partial charge in [-0.3, -0.25) is 0 Å². The maximum absolute atomic E-state index is 9.98. The van der Waals surface area contributed by atoms with Gasteiger partial charge < -0.3 is 13.6 Å². The second-order valence-electron chi connectivity index (χ2n) is 14.3. The van der Waals surface area contributed by atoms with Gasteiger partial charge in [-0.25, -0.2) is 0 Å². The Morgan fingerprint density at radius 2 is 1.12 bits per heavy atom. The summed E-state index contributed by atoms with van der Waals surface area (Å²) in [6.45, 7) is 0. The topological polar surface area (TPSA) is 23.0 Å². The average Bonchev–Trinajstić information content (AvgIpc) is 4.01. The fraction of sp³-hybridized carbons (Fsp3) is 0. The van der Waals surface area contributed by atoms with Crippen LogP contribution in [0.5, 0.6) is 0 Å². The molecule has 0 aliphatic rings. The number of para-hydroxylation sites is 3. The average molecular weight is 734 g/mol. The molecule has 0 amide bonds. The van der Waals surface area contributed by atoms with Gasteiger partial charge >= 0.3 is 0 Å². The molecule has 0 fully saturated rings. The van der Waals surface area contributed by atoms with E-state index in [0.29, 0.717) is 11.3 Å². The second-order valence-corrected chi connectivity index (χ2v) is 14.3. The molecule has 0 saturated carbocycles. The number of nitrogens with zero attached hydrogens (tertiary/aromatic N) is 2. The molecule has 3 aromatic heterocycles. The van der Waals surface area contributed by atoms with Crippen molar-refractivity contribution in [3.8, 4) is 44.8 Å². The van der Waals surface area contributed by atoms with Crippen LogP contribution < -0.4 is 0 Å². The van der Waals surface area contributed by atoms with Gasteiger partial charge in [0.25, 0.3) is 0 Å². The quantitative estimate of drug-likeness (QED) is 0.173. The third-order valence-corrected chi connectivity index (χ3v) is 11.2. The van der Waals surface area contributed by atoms with E-state index in [-0.39, 0.29) is 57.6 Å². The molecule has 3 heterocycles. The minimum Gasteiger partial charge on any atom is -0.454 e. The summed E-state index contributed by atoms with van der Waals surface area (Å²) >= 11 is 0. The van der Waals surface area contributed by atoms with E-state index in [2.05, 4.69) is 53.1 Å². The van der Waals surface area contributed by atoms with E-state index in [0.717, 1.165) is 71.7 Å². The first kappa shape index (κ1) is 25.5. The molecule has 0 radical (unpaired) electrons. The van der Waals surface area contributed by atoms with E-state index in [9.17, 15) is 6.85 Å². The number of aromatic nitrogens is 2. The molecule has 3 heteroatoms. The lowest BCUT2D eigenvalue weighted by Crippen LogP contribution is -1.94. The molecule has 0 unspecified atom stereocenters. The summed E-state index contributed by atoms with van der Waals surface area (Å²) in [5.74, 6) is 0. The van der Waals surface area contributed by atoms with Gasteiger partial charge in [0.15, 0.2) is 5.58 Å². The highest BCUT2D eigenvalue weighted by atomic mass is 16.3. The predicted molar refractivity (Wildman–Crippen MR) is 239 cm³/mol. The second kappa shape index (κ2) is 12.5. The highest BCUT2D eigenvalue weighted by Crippen LogP contribution is 2.43. The van der Waals surface area contributed by atoms with Gasteiger partial charge in [0, 0.05) is 38.0 Å². The van der Waals surface area contributed by atoms with Crippen LogP contribution in [0.4, 0.5) is 0 Å². The zero-order valence-corrected chi connectivity index (χ0v) is 30.4. The zero-order valence-electron chi connectivity index (χ0n) is 37.4. The van der Waals surface area contributed by atoms with Gasteiger partial charge in [0.2, 0.25) is 0 Å². The summed E-state index contributed by atoms with van der Waals surface area (Å²) in [5, 5.41) is 4.17. The Bertz CT molecular complexity index is 3930. The SMILES string of the molecule is [2H]c1c([2H])c([2H])c2c(c1[2H])c1c([2H])c(-c3ccc4c(c3)c3c(-c5ccccc5)cccc3n4-c3cccc4c3oc3ccccc34)c([2H])c([2H])c1n2-c1cccc(-c2ccccc2)c1. The molecule has 9 aromatic carbocycles. The molecule has 57 heavy (non-hydrogen) atoms. The smallest absolute Gasteiger partial charge is 0.159 e. The molecule has 0 N–H and O–H groups in total. The lowest BCUT2D eigenvalue weighted by molar-refractivity contribution is 0.666. The predicted octanol–water partition coefficient (Wildman–Crippen LogP) is 14.8. The maximum atomic E-state index is 9.98. The molecule has 12 rings (SSSR count). The number of fused-ring (bicyclic) bond motifs is 9. The van der Waals surface area contributed by atoms with Crippen LogP contribution in [0.1, 0.15) is 9.60 Å². The minimum absolute atomic E-state index is 0.0950. The summed E-state index contributed by atoms with van der Waals surface area (Å²) in [4.78, 5) is 0. The lowest BCUT2D eigenvalue weighted by atomic mass is 9.97. The van der Waals surface area contributed by atoms with Crippen LogP contribution in [0.2, 0.25) is 0 Å². The Hall–Kier alpha value is -7.62. The van der Waals surface area contributed by atoms with Gasteiger partial charge in [-0.05, 0) is 94.0 Å². The van der Waals surface area contributed by atoms with Crippen LogP contribution in [0.15, 0.2) is 211 Å². The Morgan fingerprint density at radius 3 is 2.02 bits per heavy atom. The normalized spacial score (nSPS) is 13.6. The Balaban J connectivity index is 1.17. The van der Waals surface area contributed by atoms with Crippen molar-refractivity contribution in [2.45, 2.75) is 0 Å². The summed E-state index contributed by atoms with van der Waals surface area (Å²) in [6, 6.07) is 52.0. The molecule has 3 nitrogen and oxygen atoms in total. The summed E-state index contributed by atoms with van der Waals surface area (Å²) < 4.78 is 75.7. The van der Waals surface area contributed by atoms with Gasteiger partial charge in [-0.15, -0.1) is 0 Å². The fourth-order valence-electron chi connectivity index (χ4n) is 8.62. The van der Waals surface area contributed by atoms with E-state index in [1.54, 1.807) is 4.57 Å². The Morgan fingerprint density at radius 1 is 0.404 bits per heavy atom. The van der Waals surface area contributed by atoms with E-state index >= 15 is 0 Å². The van der Waals surface area contributed by atoms with Crippen molar-refractivity contribution >= 4 is 65.6 Å². The molecule has 0 spiro atoms. The van der Waals surface area contributed by atoms with E-state index in [1.807, 2.05) is 115 Å². The maximum Gasteiger partial charge on any atom is 0.159 e. The van der Waals surface area contributed by atoms with Gasteiger partial charge in [-0.1, -0.05) is 145 Å². The number of rotatable bonds is 5. The number of hydrogen-bond acceptors (Lipinski definition) is 1. The first-order chi connectivity index (χ1) is 31.2. The number of benzene rings is 9. The van der Waals surface area contributed by atoms with Crippen molar-refractivity contribution in [1.29, 1.82) is 0 Å². The van der Waals surface area contributed by atoms with E-state index < -0.39 is 12.1 Å². The molecule has 0 aliphatic heterocycles. The monoisotopic (exact) mass is 733 g/mol. The van der Waals surface area contributed by atoms with Crippen molar-refractivity contribution in [3.63, 3.8) is 0 Å². The van der Waals surface area contributed by atoms with Crippen LogP contribution in [-0.4, -0.2) is 9.13 Å². The fourth-order valence-corrected chi connectivity index (χ4v) is 8.62. The highest BCUT2D eigenvalue weighted by Gasteiger charge is 2.21. The molecular weight excluding hydrogens is 693 g/mol. The van der Waals surface area contributed by atoms with Crippen molar-refractivity contribution in [3.05, 3.63) is 206 Å². The van der Waals surface area contributed by atoms with Crippen LogP contribution in [0, 0.1) is 0 Å². The van der Waals surface area contributed by atoms with Crippen LogP contribution in [0.3, 0.4) is 0 Å². The minimum atomic E-state index is -0.431. The van der Waals surface area contributed by atoms with Crippen LogP contribution >= 0.6 is 0 Å². The largest absolute Gasteiger partial charge is 0.454 e. The summed E-state index contributed by atoms with van der Waals surface area (Å²) in [7, 11) is 0. The molecule has 0 aliphatic carbocycles. The first-order valence-corrected chi connectivity index (χ1v) is 18.9. The number of hydrogen-bond donors (Lipinski definition) is 0. The lowest BCUT2D eigenvalue weighted by Gasteiger charge is -2.11. The zero-order chi connectivity index (χ0) is 43.5. The molecule has 0 saturated heterocycles. The third kappa shape index (κ3) is 4.86. The van der Waals surface area contributed by atoms with Crippen molar-refractivity contribution in [2.75, 3.05) is 0 Å².